The number of hydrogen-bond acceptors (Lipinski definition) is 5. The van der Waals surface area contributed by atoms with E-state index in [2.05, 4.69) is 21.2 Å². The molecule has 0 saturated carbocycles. The summed E-state index contributed by atoms with van der Waals surface area (Å²) in [6.07, 6.45) is 0.989. The quantitative estimate of drug-likeness (QED) is 0.212. The standard InChI is InChI=1S/C6H10BrN3O3/c7-1-2-9-5(4-11)3-6(8)10(12)13/h3,8-9,11H,1-2,4H2/b5-3-,8-6?. The third-order valence-electron chi connectivity index (χ3n) is 1.12. The Labute approximate surface area is 83.4 Å². The third kappa shape index (κ3) is 5.31. The summed E-state index contributed by atoms with van der Waals surface area (Å²) in [4.78, 5) is 9.21. The minimum absolute atomic E-state index is 0.265. The second kappa shape index (κ2) is 6.55. The zero-order chi connectivity index (χ0) is 10.3. The summed E-state index contributed by atoms with van der Waals surface area (Å²) in [5, 5.41) is 29.0. The molecule has 74 valence electrons. The molecule has 0 saturated heterocycles. The van der Waals surface area contributed by atoms with Crippen molar-refractivity contribution >= 4 is 21.8 Å². The molecule has 0 fully saturated rings. The molecule has 0 amide bonds. The zero-order valence-corrected chi connectivity index (χ0v) is 8.37. The van der Waals surface area contributed by atoms with Crippen molar-refractivity contribution in [2.24, 2.45) is 0 Å². The molecule has 0 spiro atoms. The smallest absolute Gasteiger partial charge is 0.357 e. The van der Waals surface area contributed by atoms with Crippen molar-refractivity contribution in [3.63, 3.8) is 0 Å². The number of halogens is 1. The van der Waals surface area contributed by atoms with Crippen LogP contribution >= 0.6 is 15.9 Å². The lowest BCUT2D eigenvalue weighted by Gasteiger charge is -2.04. The lowest BCUT2D eigenvalue weighted by Crippen LogP contribution is -2.20. The Hall–Kier alpha value is -0.950. The van der Waals surface area contributed by atoms with Gasteiger partial charge in [-0.3, -0.25) is 0 Å². The van der Waals surface area contributed by atoms with Crippen LogP contribution in [0.2, 0.25) is 0 Å². The summed E-state index contributed by atoms with van der Waals surface area (Å²) in [7, 11) is 0. The molecule has 0 bridgehead atoms. The summed E-state index contributed by atoms with van der Waals surface area (Å²) in [5.41, 5.74) is 0.265. The fourth-order valence-corrected chi connectivity index (χ4v) is 0.776. The van der Waals surface area contributed by atoms with E-state index in [9.17, 15) is 10.1 Å². The van der Waals surface area contributed by atoms with Gasteiger partial charge in [-0.15, -0.1) is 0 Å². The molecule has 0 aromatic carbocycles. The lowest BCUT2D eigenvalue weighted by atomic mass is 10.4. The first kappa shape index (κ1) is 12.0. The molecule has 6 nitrogen and oxygen atoms in total. The van der Waals surface area contributed by atoms with Crippen molar-refractivity contribution in [1.82, 2.24) is 5.32 Å². The van der Waals surface area contributed by atoms with Gasteiger partial charge in [-0.1, -0.05) is 21.3 Å². The van der Waals surface area contributed by atoms with Crippen LogP contribution in [0, 0.1) is 15.5 Å². The van der Waals surface area contributed by atoms with E-state index in [-0.39, 0.29) is 12.3 Å². The molecule has 0 aromatic rings. The molecule has 7 heteroatoms. The third-order valence-corrected chi connectivity index (χ3v) is 1.52. The normalized spacial score (nSPS) is 11.1. The molecule has 0 unspecified atom stereocenters. The molecule has 0 heterocycles. The highest BCUT2D eigenvalue weighted by atomic mass is 79.9. The maximum Gasteiger partial charge on any atom is 0.357 e. The average molecular weight is 252 g/mol. The number of aliphatic hydroxyl groups is 1. The van der Waals surface area contributed by atoms with E-state index in [4.69, 9.17) is 10.5 Å². The molecular formula is C6H10BrN3O3. The highest BCUT2D eigenvalue weighted by molar-refractivity contribution is 9.09. The Kier molecular flexibility index (Phi) is 6.07. The van der Waals surface area contributed by atoms with Gasteiger partial charge in [-0.25, -0.2) is 0 Å². The number of nitrogens with one attached hydrogen (secondary N) is 2. The minimum atomic E-state index is -0.828. The fraction of sp³-hybridized carbons (Fsp3) is 0.500. The van der Waals surface area contributed by atoms with Crippen molar-refractivity contribution in [3.8, 4) is 0 Å². The molecular weight excluding hydrogens is 242 g/mol. The van der Waals surface area contributed by atoms with Gasteiger partial charge in [0.25, 0.3) is 0 Å². The van der Waals surface area contributed by atoms with E-state index in [0.29, 0.717) is 11.9 Å². The second-order valence-electron chi connectivity index (χ2n) is 2.09. The molecule has 0 radical (unpaired) electrons. The van der Waals surface area contributed by atoms with Gasteiger partial charge in [0.05, 0.1) is 12.7 Å². The fourth-order valence-electron chi connectivity index (χ4n) is 0.578. The molecule has 0 aromatic heterocycles. The zero-order valence-electron chi connectivity index (χ0n) is 6.79. The summed E-state index contributed by atoms with van der Waals surface area (Å²) >= 11 is 3.14. The summed E-state index contributed by atoms with van der Waals surface area (Å²) in [5.74, 6) is -0.744. The first-order valence-electron chi connectivity index (χ1n) is 3.46. The maximum atomic E-state index is 10.0. The summed E-state index contributed by atoms with van der Waals surface area (Å²) in [6, 6.07) is 0. The van der Waals surface area contributed by atoms with Crippen LogP contribution in [0.25, 0.3) is 0 Å². The molecule has 0 aliphatic carbocycles. The van der Waals surface area contributed by atoms with Gasteiger partial charge < -0.3 is 20.5 Å². The highest BCUT2D eigenvalue weighted by Gasteiger charge is 2.05. The van der Waals surface area contributed by atoms with Crippen molar-refractivity contribution in [1.29, 1.82) is 5.41 Å². The van der Waals surface area contributed by atoms with Gasteiger partial charge in [0.1, 0.15) is 0 Å². The number of rotatable bonds is 5. The van der Waals surface area contributed by atoms with E-state index in [0.717, 1.165) is 6.08 Å². The summed E-state index contributed by atoms with van der Waals surface area (Å²) < 4.78 is 0. The van der Waals surface area contributed by atoms with Crippen LogP contribution in [0.5, 0.6) is 0 Å². The topological polar surface area (TPSA) is 99.2 Å². The van der Waals surface area contributed by atoms with Crippen molar-refractivity contribution in [3.05, 3.63) is 21.9 Å². The Morgan fingerprint density at radius 1 is 1.77 bits per heavy atom. The highest BCUT2D eigenvalue weighted by Crippen LogP contribution is 1.90. The number of alkyl halides is 1. The molecule has 0 rings (SSSR count). The number of nitrogens with zero attached hydrogens (tertiary/aromatic N) is 1. The Balaban J connectivity index is 4.20. The van der Waals surface area contributed by atoms with Gasteiger partial charge in [0.15, 0.2) is 0 Å². The van der Waals surface area contributed by atoms with Gasteiger partial charge in [0.2, 0.25) is 0 Å². The minimum Gasteiger partial charge on any atom is -0.390 e. The number of aliphatic hydroxyl groups excluding tert-OH is 1. The van der Waals surface area contributed by atoms with Crippen LogP contribution in [0.4, 0.5) is 0 Å². The lowest BCUT2D eigenvalue weighted by molar-refractivity contribution is -0.349. The monoisotopic (exact) mass is 251 g/mol. The molecule has 0 aliphatic heterocycles. The van der Waals surface area contributed by atoms with Gasteiger partial charge in [0, 0.05) is 17.6 Å². The predicted molar refractivity (Wildman–Crippen MR) is 51.7 cm³/mol. The van der Waals surface area contributed by atoms with Crippen LogP contribution in [0.3, 0.4) is 0 Å². The van der Waals surface area contributed by atoms with Gasteiger partial charge in [-0.2, -0.15) is 0 Å². The maximum absolute atomic E-state index is 10.0. The Bertz CT molecular complexity index is 229. The largest absolute Gasteiger partial charge is 0.390 e. The number of amidine groups is 1. The number of hydrogen-bond donors (Lipinski definition) is 3. The average Bonchev–Trinajstić information content (AvgIpc) is 2.11. The Morgan fingerprint density at radius 2 is 2.38 bits per heavy atom. The number of nitro groups is 1. The van der Waals surface area contributed by atoms with E-state index < -0.39 is 10.8 Å². The molecule has 0 atom stereocenters. The van der Waals surface area contributed by atoms with Crippen LogP contribution in [0.15, 0.2) is 11.8 Å². The second-order valence-corrected chi connectivity index (χ2v) is 2.88. The van der Waals surface area contributed by atoms with Crippen LogP contribution in [0.1, 0.15) is 0 Å². The molecule has 13 heavy (non-hydrogen) atoms. The van der Waals surface area contributed by atoms with E-state index in [1.165, 1.54) is 0 Å². The van der Waals surface area contributed by atoms with Crippen LogP contribution in [-0.2, 0) is 0 Å². The first-order chi connectivity index (χ1) is 6.11. The summed E-state index contributed by atoms with van der Waals surface area (Å²) in [6.45, 7) is 0.195. The molecule has 3 N–H and O–H groups in total. The van der Waals surface area contributed by atoms with Crippen LogP contribution in [-0.4, -0.2) is 34.3 Å². The Morgan fingerprint density at radius 3 is 2.77 bits per heavy atom. The SMILES string of the molecule is N=C(/C=C(/CO)NCCBr)[N+](=O)[O-]. The van der Waals surface area contributed by atoms with Gasteiger partial charge >= 0.3 is 5.84 Å². The van der Waals surface area contributed by atoms with E-state index in [1.54, 1.807) is 0 Å². The first-order valence-corrected chi connectivity index (χ1v) is 4.58. The van der Waals surface area contributed by atoms with E-state index >= 15 is 0 Å². The van der Waals surface area contributed by atoms with Crippen molar-refractivity contribution in [2.45, 2.75) is 0 Å². The van der Waals surface area contributed by atoms with Crippen molar-refractivity contribution in [2.75, 3.05) is 18.5 Å². The molecule has 0 aliphatic rings. The van der Waals surface area contributed by atoms with E-state index in [1.807, 2.05) is 0 Å². The van der Waals surface area contributed by atoms with Gasteiger partial charge in [-0.05, 0) is 4.92 Å². The van der Waals surface area contributed by atoms with Crippen LogP contribution < -0.4 is 5.32 Å². The predicted octanol–water partition coefficient (Wildman–Crippen LogP) is 0.101. The van der Waals surface area contributed by atoms with Crippen molar-refractivity contribution < 1.29 is 10.0 Å².